The third-order valence-electron chi connectivity index (χ3n) is 6.02. The fraction of sp³-hybridized carbons (Fsp3) is 0.286. The van der Waals surface area contributed by atoms with E-state index in [0.29, 0.717) is 12.1 Å². The largest absolute Gasteiger partial charge is 0.379 e. The zero-order chi connectivity index (χ0) is 23.6. The molecule has 0 radical (unpaired) electrons. The summed E-state index contributed by atoms with van der Waals surface area (Å²) in [5.41, 5.74) is 3.78. The van der Waals surface area contributed by atoms with Gasteiger partial charge >= 0.3 is 0 Å². The van der Waals surface area contributed by atoms with E-state index in [1.807, 2.05) is 60.7 Å². The van der Waals surface area contributed by atoms with Gasteiger partial charge in [-0.3, -0.25) is 14.5 Å². The molecule has 2 N–H and O–H groups in total. The molecule has 0 spiro atoms. The molecule has 6 heteroatoms. The molecular formula is C28H31N3O3. The highest BCUT2D eigenvalue weighted by Gasteiger charge is 2.19. The minimum absolute atomic E-state index is 0.108. The molecule has 1 heterocycles. The van der Waals surface area contributed by atoms with E-state index in [1.165, 1.54) is 5.56 Å². The van der Waals surface area contributed by atoms with Crippen molar-refractivity contribution in [2.24, 2.45) is 0 Å². The van der Waals surface area contributed by atoms with Crippen molar-refractivity contribution >= 4 is 11.8 Å². The molecule has 3 aromatic carbocycles. The van der Waals surface area contributed by atoms with Crippen LogP contribution in [0.2, 0.25) is 0 Å². The van der Waals surface area contributed by atoms with Crippen LogP contribution in [0.1, 0.15) is 39.5 Å². The number of nitrogens with zero attached hydrogens (tertiary/aromatic N) is 1. The highest BCUT2D eigenvalue weighted by atomic mass is 16.5. The van der Waals surface area contributed by atoms with Crippen LogP contribution >= 0.6 is 0 Å². The quantitative estimate of drug-likeness (QED) is 0.514. The molecule has 6 nitrogen and oxygen atoms in total. The lowest BCUT2D eigenvalue weighted by molar-refractivity contribution is -0.121. The second kappa shape index (κ2) is 12.1. The summed E-state index contributed by atoms with van der Waals surface area (Å²) in [5.74, 6) is -0.304. The lowest BCUT2D eigenvalue weighted by Crippen LogP contribution is -2.36. The summed E-state index contributed by atoms with van der Waals surface area (Å²) in [5, 5.41) is 6.08. The molecule has 34 heavy (non-hydrogen) atoms. The van der Waals surface area contributed by atoms with Gasteiger partial charge in [-0.1, -0.05) is 72.8 Å². The molecule has 1 fully saturated rings. The fourth-order valence-electron chi connectivity index (χ4n) is 4.10. The Morgan fingerprint density at radius 3 is 2.15 bits per heavy atom. The van der Waals surface area contributed by atoms with Crippen LogP contribution in [0.5, 0.6) is 0 Å². The van der Waals surface area contributed by atoms with Crippen LogP contribution in [0.25, 0.3) is 0 Å². The van der Waals surface area contributed by atoms with E-state index in [9.17, 15) is 9.59 Å². The van der Waals surface area contributed by atoms with Crippen molar-refractivity contribution in [3.05, 3.63) is 107 Å². The molecule has 1 atom stereocenters. The van der Waals surface area contributed by atoms with Gasteiger partial charge in [0, 0.05) is 31.7 Å². The van der Waals surface area contributed by atoms with E-state index in [0.717, 1.165) is 44.0 Å². The van der Waals surface area contributed by atoms with Gasteiger partial charge < -0.3 is 15.4 Å². The fourth-order valence-corrected chi connectivity index (χ4v) is 4.10. The van der Waals surface area contributed by atoms with Crippen LogP contribution in [0, 0.1) is 0 Å². The van der Waals surface area contributed by atoms with Gasteiger partial charge in [0.05, 0.1) is 25.7 Å². The Bertz CT molecular complexity index is 1070. The van der Waals surface area contributed by atoms with Gasteiger partial charge in [-0.05, 0) is 28.8 Å². The number of hydrogen-bond acceptors (Lipinski definition) is 4. The van der Waals surface area contributed by atoms with Crippen molar-refractivity contribution in [1.82, 2.24) is 15.5 Å². The Kier molecular flexibility index (Phi) is 8.43. The normalized spacial score (nSPS) is 14.8. The highest BCUT2D eigenvalue weighted by Crippen LogP contribution is 2.18. The molecule has 0 saturated carbocycles. The Hall–Kier alpha value is -3.48. The third-order valence-corrected chi connectivity index (χ3v) is 6.02. The zero-order valence-electron chi connectivity index (χ0n) is 19.3. The number of carbonyl (C=O) groups is 2. The van der Waals surface area contributed by atoms with Crippen molar-refractivity contribution in [3.63, 3.8) is 0 Å². The maximum atomic E-state index is 12.9. The van der Waals surface area contributed by atoms with Crippen LogP contribution in [0.4, 0.5) is 0 Å². The summed E-state index contributed by atoms with van der Waals surface area (Å²) in [7, 11) is 0. The first-order valence-corrected chi connectivity index (χ1v) is 11.7. The Labute approximate surface area is 200 Å². The van der Waals surface area contributed by atoms with E-state index >= 15 is 0 Å². The first-order chi connectivity index (χ1) is 16.7. The summed E-state index contributed by atoms with van der Waals surface area (Å²) >= 11 is 0. The van der Waals surface area contributed by atoms with Crippen LogP contribution in [0.15, 0.2) is 84.9 Å². The predicted molar refractivity (Wildman–Crippen MR) is 132 cm³/mol. The van der Waals surface area contributed by atoms with Crippen molar-refractivity contribution in [2.45, 2.75) is 25.6 Å². The number of ether oxygens (including phenoxy) is 1. The molecule has 0 bridgehead atoms. The average molecular weight is 458 g/mol. The topological polar surface area (TPSA) is 70.7 Å². The summed E-state index contributed by atoms with van der Waals surface area (Å²) in [6.45, 7) is 4.65. The molecule has 0 aliphatic carbocycles. The number of rotatable bonds is 9. The number of amides is 2. The SMILES string of the molecule is O=C(CC(NC(=O)c1ccccc1)c1ccccc1)NCc1ccccc1CN1CCOCC1. The highest BCUT2D eigenvalue weighted by molar-refractivity contribution is 5.94. The number of carbonyl (C=O) groups excluding carboxylic acids is 2. The van der Waals surface area contributed by atoms with E-state index in [1.54, 1.807) is 12.1 Å². The third kappa shape index (κ3) is 6.76. The standard InChI is InChI=1S/C28H31N3O3/c32-27(29-20-24-13-7-8-14-25(24)21-31-15-17-34-18-16-31)19-26(22-9-3-1-4-10-22)30-28(33)23-11-5-2-6-12-23/h1-14,26H,15-21H2,(H,29,32)(H,30,33). The summed E-state index contributed by atoms with van der Waals surface area (Å²) in [6, 6.07) is 26.5. The van der Waals surface area contributed by atoms with Crippen LogP contribution in [-0.4, -0.2) is 43.0 Å². The smallest absolute Gasteiger partial charge is 0.251 e. The van der Waals surface area contributed by atoms with E-state index in [4.69, 9.17) is 4.74 Å². The monoisotopic (exact) mass is 457 g/mol. The van der Waals surface area contributed by atoms with Crippen molar-refractivity contribution in [1.29, 1.82) is 0 Å². The van der Waals surface area contributed by atoms with Gasteiger partial charge in [-0.15, -0.1) is 0 Å². The van der Waals surface area contributed by atoms with Gasteiger partial charge in [-0.25, -0.2) is 0 Å². The lowest BCUT2D eigenvalue weighted by atomic mass is 10.0. The molecule has 1 aliphatic heterocycles. The molecule has 1 unspecified atom stereocenters. The summed E-state index contributed by atoms with van der Waals surface area (Å²) in [6.07, 6.45) is 0.161. The Morgan fingerprint density at radius 2 is 1.44 bits per heavy atom. The predicted octanol–water partition coefficient (Wildman–Crippen LogP) is 3.70. The van der Waals surface area contributed by atoms with Crippen molar-refractivity contribution in [3.8, 4) is 0 Å². The summed E-state index contributed by atoms with van der Waals surface area (Å²) < 4.78 is 5.45. The van der Waals surface area contributed by atoms with Crippen LogP contribution in [0.3, 0.4) is 0 Å². The second-order valence-electron chi connectivity index (χ2n) is 8.44. The lowest BCUT2D eigenvalue weighted by Gasteiger charge is -2.27. The first-order valence-electron chi connectivity index (χ1n) is 11.7. The van der Waals surface area contributed by atoms with Gasteiger partial charge in [0.2, 0.25) is 5.91 Å². The van der Waals surface area contributed by atoms with Gasteiger partial charge in [0.15, 0.2) is 0 Å². The number of hydrogen-bond donors (Lipinski definition) is 2. The Balaban J connectivity index is 1.39. The van der Waals surface area contributed by atoms with Crippen LogP contribution in [-0.2, 0) is 22.6 Å². The maximum Gasteiger partial charge on any atom is 0.251 e. The Morgan fingerprint density at radius 1 is 0.824 bits per heavy atom. The van der Waals surface area contributed by atoms with Crippen molar-refractivity contribution < 1.29 is 14.3 Å². The summed E-state index contributed by atoms with van der Waals surface area (Å²) in [4.78, 5) is 28.1. The molecule has 176 valence electrons. The molecule has 1 saturated heterocycles. The molecule has 3 aromatic rings. The van der Waals surface area contributed by atoms with E-state index in [2.05, 4.69) is 27.7 Å². The molecule has 0 aromatic heterocycles. The molecule has 4 rings (SSSR count). The van der Waals surface area contributed by atoms with Crippen LogP contribution < -0.4 is 10.6 Å². The maximum absolute atomic E-state index is 12.9. The second-order valence-corrected chi connectivity index (χ2v) is 8.44. The minimum atomic E-state index is -0.419. The number of benzene rings is 3. The molecule has 2 amide bonds. The van der Waals surface area contributed by atoms with Gasteiger partial charge in [0.25, 0.3) is 5.91 Å². The van der Waals surface area contributed by atoms with E-state index in [-0.39, 0.29) is 18.2 Å². The minimum Gasteiger partial charge on any atom is -0.379 e. The van der Waals surface area contributed by atoms with Crippen molar-refractivity contribution in [2.75, 3.05) is 26.3 Å². The first kappa shape index (κ1) is 23.7. The number of morpholine rings is 1. The van der Waals surface area contributed by atoms with Gasteiger partial charge in [-0.2, -0.15) is 0 Å². The average Bonchev–Trinajstić information content (AvgIpc) is 2.89. The van der Waals surface area contributed by atoms with E-state index < -0.39 is 6.04 Å². The zero-order valence-corrected chi connectivity index (χ0v) is 19.3. The molecule has 1 aliphatic rings. The molecular weight excluding hydrogens is 426 g/mol. The van der Waals surface area contributed by atoms with Gasteiger partial charge in [0.1, 0.15) is 0 Å². The number of nitrogens with one attached hydrogen (secondary N) is 2.